The fourth-order valence-corrected chi connectivity index (χ4v) is 2.79. The monoisotopic (exact) mass is 249 g/mol. The minimum Gasteiger partial charge on any atom is -0.341 e. The summed E-state index contributed by atoms with van der Waals surface area (Å²) in [6.45, 7) is 0.915. The third-order valence-electron chi connectivity index (χ3n) is 3.82. The molecule has 2 N–H and O–H groups in total. The number of rotatable bonds is 1. The van der Waals surface area contributed by atoms with Gasteiger partial charge in [0.25, 0.3) is 0 Å². The molecule has 3 heteroatoms. The van der Waals surface area contributed by atoms with E-state index in [1.165, 1.54) is 11.1 Å². The SMILES string of the molecule is c1ccc2c(c1)CN[C@@H](c1nc3ccccc3[nH]1)C2. The average molecular weight is 249 g/mol. The molecule has 0 unspecified atom stereocenters. The molecule has 0 aliphatic carbocycles. The van der Waals surface area contributed by atoms with Gasteiger partial charge in [-0.15, -0.1) is 0 Å². The Kier molecular flexibility index (Phi) is 2.38. The van der Waals surface area contributed by atoms with Crippen LogP contribution in [0.25, 0.3) is 11.0 Å². The molecule has 0 fully saturated rings. The number of benzene rings is 2. The van der Waals surface area contributed by atoms with Crippen LogP contribution in [0.3, 0.4) is 0 Å². The molecule has 0 bridgehead atoms. The van der Waals surface area contributed by atoms with Crippen LogP contribution in [0.4, 0.5) is 0 Å². The summed E-state index contributed by atoms with van der Waals surface area (Å²) >= 11 is 0. The van der Waals surface area contributed by atoms with E-state index < -0.39 is 0 Å². The van der Waals surface area contributed by atoms with Gasteiger partial charge in [0.05, 0.1) is 17.1 Å². The van der Waals surface area contributed by atoms with E-state index in [0.717, 1.165) is 29.8 Å². The van der Waals surface area contributed by atoms with Gasteiger partial charge in [0, 0.05) is 6.54 Å². The summed E-state index contributed by atoms with van der Waals surface area (Å²) in [6.07, 6.45) is 0.996. The van der Waals surface area contributed by atoms with Crippen molar-refractivity contribution in [2.24, 2.45) is 0 Å². The minimum atomic E-state index is 0.280. The largest absolute Gasteiger partial charge is 0.341 e. The second kappa shape index (κ2) is 4.21. The van der Waals surface area contributed by atoms with Crippen molar-refractivity contribution in [1.82, 2.24) is 15.3 Å². The number of nitrogens with zero attached hydrogens (tertiary/aromatic N) is 1. The Balaban J connectivity index is 1.70. The van der Waals surface area contributed by atoms with Crippen LogP contribution >= 0.6 is 0 Å². The van der Waals surface area contributed by atoms with Crippen LogP contribution in [0.1, 0.15) is 23.0 Å². The lowest BCUT2D eigenvalue weighted by Gasteiger charge is -2.24. The Morgan fingerprint density at radius 3 is 2.63 bits per heavy atom. The molecular formula is C16H15N3. The van der Waals surface area contributed by atoms with E-state index in [2.05, 4.69) is 40.6 Å². The van der Waals surface area contributed by atoms with Crippen molar-refractivity contribution in [2.75, 3.05) is 0 Å². The van der Waals surface area contributed by atoms with Crippen molar-refractivity contribution in [3.05, 3.63) is 65.5 Å². The van der Waals surface area contributed by atoms with Gasteiger partial charge in [-0.1, -0.05) is 36.4 Å². The fourth-order valence-electron chi connectivity index (χ4n) is 2.79. The first-order chi connectivity index (χ1) is 9.40. The molecule has 3 aromatic rings. The van der Waals surface area contributed by atoms with E-state index in [4.69, 9.17) is 4.98 Å². The first-order valence-corrected chi connectivity index (χ1v) is 6.65. The van der Waals surface area contributed by atoms with Crippen LogP contribution < -0.4 is 5.32 Å². The van der Waals surface area contributed by atoms with E-state index in [1.54, 1.807) is 0 Å². The fraction of sp³-hybridized carbons (Fsp3) is 0.188. The normalized spacial score (nSPS) is 18.4. The quantitative estimate of drug-likeness (QED) is 0.696. The second-order valence-corrected chi connectivity index (χ2v) is 5.05. The Bertz CT molecular complexity index is 696. The van der Waals surface area contributed by atoms with Crippen molar-refractivity contribution in [3.8, 4) is 0 Å². The molecule has 0 spiro atoms. The molecule has 3 nitrogen and oxygen atoms in total. The number of para-hydroxylation sites is 2. The van der Waals surface area contributed by atoms with Gasteiger partial charge in [0.2, 0.25) is 0 Å². The van der Waals surface area contributed by atoms with E-state index in [1.807, 2.05) is 18.2 Å². The molecule has 0 saturated carbocycles. The van der Waals surface area contributed by atoms with Gasteiger partial charge in [0.1, 0.15) is 5.82 Å². The summed E-state index contributed by atoms with van der Waals surface area (Å²) in [5.41, 5.74) is 4.97. The molecule has 1 aliphatic heterocycles. The number of aromatic nitrogens is 2. The van der Waals surface area contributed by atoms with Gasteiger partial charge in [-0.25, -0.2) is 4.98 Å². The Hall–Kier alpha value is -2.13. The predicted molar refractivity (Wildman–Crippen MR) is 75.8 cm³/mol. The Morgan fingerprint density at radius 1 is 0.947 bits per heavy atom. The molecule has 19 heavy (non-hydrogen) atoms. The Morgan fingerprint density at radius 2 is 1.74 bits per heavy atom. The molecule has 0 radical (unpaired) electrons. The number of aromatic amines is 1. The average Bonchev–Trinajstić information content (AvgIpc) is 2.90. The van der Waals surface area contributed by atoms with Crippen molar-refractivity contribution >= 4 is 11.0 Å². The highest BCUT2D eigenvalue weighted by atomic mass is 15.0. The summed E-state index contributed by atoms with van der Waals surface area (Å²) in [7, 11) is 0. The van der Waals surface area contributed by atoms with E-state index >= 15 is 0 Å². The lowest BCUT2D eigenvalue weighted by atomic mass is 9.96. The van der Waals surface area contributed by atoms with Gasteiger partial charge in [-0.05, 0) is 29.7 Å². The molecule has 94 valence electrons. The van der Waals surface area contributed by atoms with E-state index in [9.17, 15) is 0 Å². The zero-order chi connectivity index (χ0) is 12.7. The summed E-state index contributed by atoms with van der Waals surface area (Å²) in [4.78, 5) is 8.11. The smallest absolute Gasteiger partial charge is 0.124 e. The summed E-state index contributed by atoms with van der Waals surface area (Å²) in [6, 6.07) is 17.1. The predicted octanol–water partition coefficient (Wildman–Crippen LogP) is 2.95. The van der Waals surface area contributed by atoms with Crippen molar-refractivity contribution in [2.45, 2.75) is 19.0 Å². The van der Waals surface area contributed by atoms with Crippen LogP contribution in [-0.4, -0.2) is 9.97 Å². The van der Waals surface area contributed by atoms with E-state index in [0.29, 0.717) is 0 Å². The first-order valence-electron chi connectivity index (χ1n) is 6.65. The van der Waals surface area contributed by atoms with Crippen molar-refractivity contribution in [1.29, 1.82) is 0 Å². The van der Waals surface area contributed by atoms with Gasteiger partial charge in [0.15, 0.2) is 0 Å². The number of imidazole rings is 1. The topological polar surface area (TPSA) is 40.7 Å². The summed E-state index contributed by atoms with van der Waals surface area (Å²) < 4.78 is 0. The highest BCUT2D eigenvalue weighted by molar-refractivity contribution is 5.74. The van der Waals surface area contributed by atoms with Crippen LogP contribution in [0.5, 0.6) is 0 Å². The third-order valence-corrected chi connectivity index (χ3v) is 3.82. The molecule has 0 amide bonds. The Labute approximate surface area is 111 Å². The molecule has 2 heterocycles. The molecule has 2 aromatic carbocycles. The highest BCUT2D eigenvalue weighted by Crippen LogP contribution is 2.25. The standard InChI is InChI=1S/C16H15N3/c1-2-6-12-10-17-15(9-11(12)5-1)16-18-13-7-3-4-8-14(13)19-16/h1-8,15,17H,9-10H2,(H,18,19)/t15-/m1/s1. The maximum absolute atomic E-state index is 4.69. The number of H-pyrrole nitrogens is 1. The van der Waals surface area contributed by atoms with Crippen LogP contribution in [0, 0.1) is 0 Å². The second-order valence-electron chi connectivity index (χ2n) is 5.05. The molecular weight excluding hydrogens is 234 g/mol. The zero-order valence-corrected chi connectivity index (χ0v) is 10.6. The maximum atomic E-state index is 4.69. The minimum absolute atomic E-state index is 0.280. The third kappa shape index (κ3) is 1.83. The lowest BCUT2D eigenvalue weighted by Crippen LogP contribution is -2.29. The van der Waals surface area contributed by atoms with Gasteiger partial charge in [-0.3, -0.25) is 0 Å². The van der Waals surface area contributed by atoms with Crippen LogP contribution in [-0.2, 0) is 13.0 Å². The van der Waals surface area contributed by atoms with Crippen molar-refractivity contribution in [3.63, 3.8) is 0 Å². The molecule has 1 aromatic heterocycles. The molecule has 4 rings (SSSR count). The highest BCUT2D eigenvalue weighted by Gasteiger charge is 2.21. The van der Waals surface area contributed by atoms with E-state index in [-0.39, 0.29) is 6.04 Å². The summed E-state index contributed by atoms with van der Waals surface area (Å²) in [5.74, 6) is 1.04. The zero-order valence-electron chi connectivity index (χ0n) is 10.6. The van der Waals surface area contributed by atoms with Crippen molar-refractivity contribution < 1.29 is 0 Å². The van der Waals surface area contributed by atoms with Crippen LogP contribution in [0.15, 0.2) is 48.5 Å². The lowest BCUT2D eigenvalue weighted by molar-refractivity contribution is 0.481. The molecule has 1 aliphatic rings. The van der Waals surface area contributed by atoms with Gasteiger partial charge in [-0.2, -0.15) is 0 Å². The summed E-state index contributed by atoms with van der Waals surface area (Å²) in [5, 5.41) is 3.56. The first kappa shape index (κ1) is 10.8. The maximum Gasteiger partial charge on any atom is 0.124 e. The molecule has 1 atom stereocenters. The van der Waals surface area contributed by atoms with Crippen LogP contribution in [0.2, 0.25) is 0 Å². The number of hydrogen-bond donors (Lipinski definition) is 2. The number of fused-ring (bicyclic) bond motifs is 2. The molecule has 0 saturated heterocycles. The number of hydrogen-bond acceptors (Lipinski definition) is 2. The number of nitrogens with one attached hydrogen (secondary N) is 2. The van der Waals surface area contributed by atoms with Gasteiger partial charge >= 0.3 is 0 Å². The van der Waals surface area contributed by atoms with Gasteiger partial charge < -0.3 is 10.3 Å².